The molecule has 0 spiro atoms. The summed E-state index contributed by atoms with van der Waals surface area (Å²) < 4.78 is 0. The standard InChI is InChI=1S/C47H91NO5/c1-3-5-7-9-11-13-15-17-19-21-22-23-24-25-27-28-30-32-34-36-38-40-44(50)46(52)43(42-49)48-47(53)45(51)41-39-37-35-33-31-29-26-20-18-16-14-12-10-8-6-4-2/h18,20,32,34,43-46,49-52H,3-17,19,21-31,33,35-42H2,1-2H3,(H,48,53)/b20-18-,34-32+. The van der Waals surface area contributed by atoms with E-state index in [9.17, 15) is 25.2 Å². The van der Waals surface area contributed by atoms with E-state index in [1.165, 1.54) is 167 Å². The molecule has 0 aromatic rings. The Bertz CT molecular complexity index is 802. The van der Waals surface area contributed by atoms with Crippen LogP contribution in [0, 0.1) is 0 Å². The Kier molecular flexibility index (Phi) is 41.0. The Hall–Kier alpha value is -1.21. The molecule has 0 aromatic carbocycles. The van der Waals surface area contributed by atoms with Gasteiger partial charge in [0.15, 0.2) is 0 Å². The fourth-order valence-electron chi connectivity index (χ4n) is 7.16. The first-order valence-corrected chi connectivity index (χ1v) is 23.2. The van der Waals surface area contributed by atoms with Crippen molar-refractivity contribution in [1.82, 2.24) is 5.32 Å². The predicted molar refractivity (Wildman–Crippen MR) is 228 cm³/mol. The van der Waals surface area contributed by atoms with Crippen LogP contribution in [0.2, 0.25) is 0 Å². The summed E-state index contributed by atoms with van der Waals surface area (Å²) in [6.45, 7) is 4.04. The van der Waals surface area contributed by atoms with Gasteiger partial charge in [0.1, 0.15) is 12.2 Å². The van der Waals surface area contributed by atoms with Gasteiger partial charge in [0, 0.05) is 0 Å². The molecule has 0 heterocycles. The first kappa shape index (κ1) is 51.8. The summed E-state index contributed by atoms with van der Waals surface area (Å²) in [5.74, 6) is -0.597. The van der Waals surface area contributed by atoms with E-state index in [0.29, 0.717) is 12.8 Å². The summed E-state index contributed by atoms with van der Waals surface area (Å²) in [6, 6.07) is -1.00. The molecule has 6 nitrogen and oxygen atoms in total. The normalized spacial score (nSPS) is 14.3. The zero-order valence-electron chi connectivity index (χ0n) is 35.3. The second-order valence-electron chi connectivity index (χ2n) is 16.1. The summed E-state index contributed by atoms with van der Waals surface area (Å²) >= 11 is 0. The van der Waals surface area contributed by atoms with Crippen molar-refractivity contribution in [2.45, 2.75) is 263 Å². The molecule has 0 rings (SSSR count). The molecule has 53 heavy (non-hydrogen) atoms. The van der Waals surface area contributed by atoms with Gasteiger partial charge in [-0.1, -0.05) is 199 Å². The predicted octanol–water partition coefficient (Wildman–Crippen LogP) is 12.4. The molecule has 0 aliphatic rings. The van der Waals surface area contributed by atoms with Gasteiger partial charge < -0.3 is 25.7 Å². The Labute approximate surface area is 329 Å². The summed E-state index contributed by atoms with van der Waals surface area (Å²) in [7, 11) is 0. The Balaban J connectivity index is 3.75. The van der Waals surface area contributed by atoms with Crippen LogP contribution >= 0.6 is 0 Å². The third-order valence-corrected chi connectivity index (χ3v) is 10.9. The molecule has 0 bridgehead atoms. The van der Waals surface area contributed by atoms with Crippen molar-refractivity contribution in [3.05, 3.63) is 24.3 Å². The van der Waals surface area contributed by atoms with Gasteiger partial charge in [-0.25, -0.2) is 0 Å². The highest BCUT2D eigenvalue weighted by atomic mass is 16.3. The molecular formula is C47H91NO5. The van der Waals surface area contributed by atoms with Gasteiger partial charge in [0.25, 0.3) is 0 Å². The average Bonchev–Trinajstić information content (AvgIpc) is 3.16. The molecule has 0 aromatic heterocycles. The number of amides is 1. The van der Waals surface area contributed by atoms with Crippen LogP contribution in [-0.4, -0.2) is 57.3 Å². The lowest BCUT2D eigenvalue weighted by atomic mass is 10.00. The van der Waals surface area contributed by atoms with Crippen molar-refractivity contribution >= 4 is 5.91 Å². The van der Waals surface area contributed by atoms with Crippen LogP contribution in [0.4, 0.5) is 0 Å². The third kappa shape index (κ3) is 36.2. The number of allylic oxidation sites excluding steroid dienone is 4. The van der Waals surface area contributed by atoms with E-state index >= 15 is 0 Å². The third-order valence-electron chi connectivity index (χ3n) is 10.9. The van der Waals surface area contributed by atoms with Crippen molar-refractivity contribution in [2.24, 2.45) is 0 Å². The van der Waals surface area contributed by atoms with Gasteiger partial charge in [-0.15, -0.1) is 0 Å². The lowest BCUT2D eigenvalue weighted by molar-refractivity contribution is -0.132. The van der Waals surface area contributed by atoms with Crippen molar-refractivity contribution < 1.29 is 25.2 Å². The highest BCUT2D eigenvalue weighted by Crippen LogP contribution is 2.16. The lowest BCUT2D eigenvalue weighted by Gasteiger charge is -2.27. The molecule has 5 N–H and O–H groups in total. The minimum absolute atomic E-state index is 0.357. The Morgan fingerprint density at radius 2 is 0.774 bits per heavy atom. The molecule has 0 saturated heterocycles. The fourth-order valence-corrected chi connectivity index (χ4v) is 7.16. The van der Waals surface area contributed by atoms with E-state index in [1.807, 2.05) is 0 Å². The van der Waals surface area contributed by atoms with Gasteiger partial charge in [-0.3, -0.25) is 4.79 Å². The maximum atomic E-state index is 12.5. The van der Waals surface area contributed by atoms with Crippen LogP contribution in [0.15, 0.2) is 24.3 Å². The topological polar surface area (TPSA) is 110 Å². The van der Waals surface area contributed by atoms with Crippen molar-refractivity contribution in [2.75, 3.05) is 6.61 Å². The summed E-state index contributed by atoms with van der Waals surface area (Å²) in [4.78, 5) is 12.5. The molecule has 314 valence electrons. The van der Waals surface area contributed by atoms with E-state index in [4.69, 9.17) is 0 Å². The van der Waals surface area contributed by atoms with Crippen molar-refractivity contribution in [1.29, 1.82) is 0 Å². The maximum Gasteiger partial charge on any atom is 0.249 e. The van der Waals surface area contributed by atoms with E-state index < -0.39 is 36.9 Å². The molecule has 0 aliphatic carbocycles. The minimum Gasteiger partial charge on any atom is -0.394 e. The average molecular weight is 750 g/mol. The number of carbonyl (C=O) groups excluding carboxylic acids is 1. The largest absolute Gasteiger partial charge is 0.394 e. The number of hydrogen-bond donors (Lipinski definition) is 5. The lowest BCUT2D eigenvalue weighted by Crippen LogP contribution is -2.53. The summed E-state index contributed by atoms with van der Waals surface area (Å²) in [5.41, 5.74) is 0. The highest BCUT2D eigenvalue weighted by Gasteiger charge is 2.28. The minimum atomic E-state index is -1.28. The number of nitrogens with one attached hydrogen (secondary N) is 1. The molecule has 0 fully saturated rings. The Morgan fingerprint density at radius 3 is 1.13 bits per heavy atom. The molecule has 0 aliphatic heterocycles. The van der Waals surface area contributed by atoms with Crippen LogP contribution in [0.3, 0.4) is 0 Å². The monoisotopic (exact) mass is 750 g/mol. The van der Waals surface area contributed by atoms with Crippen LogP contribution in [0.25, 0.3) is 0 Å². The molecular weight excluding hydrogens is 659 g/mol. The highest BCUT2D eigenvalue weighted by molar-refractivity contribution is 5.80. The number of carbonyl (C=O) groups is 1. The molecule has 6 heteroatoms. The molecule has 0 radical (unpaired) electrons. The van der Waals surface area contributed by atoms with Gasteiger partial charge in [-0.2, -0.15) is 0 Å². The molecule has 4 atom stereocenters. The fraction of sp³-hybridized carbons (Fsp3) is 0.894. The smallest absolute Gasteiger partial charge is 0.249 e. The maximum absolute atomic E-state index is 12.5. The zero-order valence-corrected chi connectivity index (χ0v) is 35.3. The first-order chi connectivity index (χ1) is 26.0. The van der Waals surface area contributed by atoms with Crippen molar-refractivity contribution in [3.63, 3.8) is 0 Å². The van der Waals surface area contributed by atoms with Gasteiger partial charge >= 0.3 is 0 Å². The van der Waals surface area contributed by atoms with E-state index in [2.05, 4.69) is 43.5 Å². The Morgan fingerprint density at radius 1 is 0.453 bits per heavy atom. The van der Waals surface area contributed by atoms with E-state index in [-0.39, 0.29) is 0 Å². The van der Waals surface area contributed by atoms with E-state index in [1.54, 1.807) is 0 Å². The number of rotatable bonds is 42. The van der Waals surface area contributed by atoms with Crippen LogP contribution < -0.4 is 5.32 Å². The van der Waals surface area contributed by atoms with Crippen molar-refractivity contribution in [3.8, 4) is 0 Å². The quantitative estimate of drug-likeness (QED) is 0.0315. The first-order valence-electron chi connectivity index (χ1n) is 23.2. The van der Waals surface area contributed by atoms with Crippen LogP contribution in [0.1, 0.15) is 239 Å². The number of unbranched alkanes of at least 4 members (excludes halogenated alkanes) is 29. The summed E-state index contributed by atoms with van der Waals surface area (Å²) in [6.07, 6.45) is 47.9. The van der Waals surface area contributed by atoms with Gasteiger partial charge in [0.05, 0.1) is 18.8 Å². The van der Waals surface area contributed by atoms with E-state index in [0.717, 1.165) is 44.9 Å². The van der Waals surface area contributed by atoms with Crippen LogP contribution in [0.5, 0.6) is 0 Å². The second-order valence-corrected chi connectivity index (χ2v) is 16.1. The number of hydrogen-bond acceptors (Lipinski definition) is 5. The van der Waals surface area contributed by atoms with Crippen LogP contribution in [-0.2, 0) is 4.79 Å². The zero-order chi connectivity index (χ0) is 38.9. The SMILES string of the molecule is CCCCCCCC/C=C\CCCCCCCCC(O)C(=O)NC(CO)C(O)C(O)CCC/C=C/CCCCCCCCCCCCCCCCCC. The number of aliphatic hydroxyl groups is 4. The molecule has 1 amide bonds. The van der Waals surface area contributed by atoms with Gasteiger partial charge in [0.2, 0.25) is 5.91 Å². The summed E-state index contributed by atoms with van der Waals surface area (Å²) in [5, 5.41) is 43.7. The number of aliphatic hydroxyl groups excluding tert-OH is 4. The molecule has 4 unspecified atom stereocenters. The van der Waals surface area contributed by atoms with Gasteiger partial charge in [-0.05, 0) is 64.2 Å². The second kappa shape index (κ2) is 41.9. The molecule has 0 saturated carbocycles.